The number of nitrogens with zero attached hydrogens (tertiary/aromatic N) is 2. The Labute approximate surface area is 231 Å². The van der Waals surface area contributed by atoms with Crippen LogP contribution in [0.3, 0.4) is 0 Å². The predicted molar refractivity (Wildman–Crippen MR) is 151 cm³/mol. The SMILES string of the molecule is CO[C@H]1CN(C)C(=O)c2ccc(NC(=O)C3CCCCC3)cc2OC[C@H](C)N(C(=O)c2ccccc2)C[C@@H]1C. The highest BCUT2D eigenvalue weighted by molar-refractivity contribution is 5.99. The summed E-state index contributed by atoms with van der Waals surface area (Å²) in [6.07, 6.45) is 4.86. The monoisotopic (exact) mass is 535 g/mol. The molecule has 1 aliphatic carbocycles. The first-order chi connectivity index (χ1) is 18.8. The van der Waals surface area contributed by atoms with E-state index in [-0.39, 0.29) is 48.3 Å². The molecule has 1 N–H and O–H groups in total. The zero-order valence-corrected chi connectivity index (χ0v) is 23.5. The molecule has 4 rings (SSSR count). The van der Waals surface area contributed by atoms with Crippen LogP contribution in [0.2, 0.25) is 0 Å². The van der Waals surface area contributed by atoms with Gasteiger partial charge >= 0.3 is 0 Å². The molecule has 1 fully saturated rings. The topological polar surface area (TPSA) is 88.2 Å². The minimum absolute atomic E-state index is 0.0103. The lowest BCUT2D eigenvalue weighted by atomic mass is 9.88. The molecule has 2 aromatic carbocycles. The van der Waals surface area contributed by atoms with Crippen LogP contribution in [-0.4, -0.2) is 73.5 Å². The lowest BCUT2D eigenvalue weighted by molar-refractivity contribution is -0.120. The van der Waals surface area contributed by atoms with E-state index in [1.165, 1.54) is 6.42 Å². The molecule has 1 heterocycles. The molecule has 1 aliphatic heterocycles. The summed E-state index contributed by atoms with van der Waals surface area (Å²) < 4.78 is 12.0. The van der Waals surface area contributed by atoms with Crippen molar-refractivity contribution in [2.45, 2.75) is 58.1 Å². The Kier molecular flexibility index (Phi) is 9.62. The number of ether oxygens (including phenoxy) is 2. The molecule has 0 radical (unpaired) electrons. The summed E-state index contributed by atoms with van der Waals surface area (Å²) in [6, 6.07) is 14.1. The van der Waals surface area contributed by atoms with E-state index in [4.69, 9.17) is 9.47 Å². The zero-order chi connectivity index (χ0) is 27.9. The third-order valence-corrected chi connectivity index (χ3v) is 7.97. The van der Waals surface area contributed by atoms with Crippen LogP contribution < -0.4 is 10.1 Å². The number of anilines is 1. The van der Waals surface area contributed by atoms with E-state index in [9.17, 15) is 14.4 Å². The van der Waals surface area contributed by atoms with Crippen LogP contribution in [0, 0.1) is 11.8 Å². The lowest BCUT2D eigenvalue weighted by Gasteiger charge is -2.36. The highest BCUT2D eigenvalue weighted by Crippen LogP contribution is 2.29. The number of benzene rings is 2. The van der Waals surface area contributed by atoms with E-state index in [1.807, 2.05) is 49.1 Å². The fourth-order valence-corrected chi connectivity index (χ4v) is 5.49. The molecule has 0 aromatic heterocycles. The van der Waals surface area contributed by atoms with Crippen LogP contribution in [0.4, 0.5) is 5.69 Å². The van der Waals surface area contributed by atoms with Crippen molar-refractivity contribution in [2.24, 2.45) is 11.8 Å². The number of fused-ring (bicyclic) bond motifs is 1. The van der Waals surface area contributed by atoms with E-state index in [2.05, 4.69) is 5.32 Å². The van der Waals surface area contributed by atoms with Crippen molar-refractivity contribution in [1.29, 1.82) is 0 Å². The van der Waals surface area contributed by atoms with Crippen LogP contribution in [-0.2, 0) is 9.53 Å². The molecule has 2 aliphatic rings. The van der Waals surface area contributed by atoms with Crippen molar-refractivity contribution in [3.8, 4) is 5.75 Å². The molecule has 0 unspecified atom stereocenters. The maximum Gasteiger partial charge on any atom is 0.257 e. The number of carbonyl (C=O) groups is 3. The van der Waals surface area contributed by atoms with Crippen molar-refractivity contribution >= 4 is 23.4 Å². The van der Waals surface area contributed by atoms with Gasteiger partial charge in [0.05, 0.1) is 17.7 Å². The molecular formula is C31H41N3O5. The Morgan fingerprint density at radius 3 is 2.41 bits per heavy atom. The van der Waals surface area contributed by atoms with E-state index in [1.54, 1.807) is 37.3 Å². The Hall–Kier alpha value is -3.39. The minimum atomic E-state index is -0.279. The summed E-state index contributed by atoms with van der Waals surface area (Å²) in [4.78, 5) is 43.4. The molecule has 39 heavy (non-hydrogen) atoms. The molecule has 210 valence electrons. The van der Waals surface area contributed by atoms with E-state index < -0.39 is 0 Å². The quantitative estimate of drug-likeness (QED) is 0.605. The number of nitrogens with one attached hydrogen (secondary N) is 1. The van der Waals surface area contributed by atoms with Crippen LogP contribution >= 0.6 is 0 Å². The second-order valence-electron chi connectivity index (χ2n) is 11.0. The lowest BCUT2D eigenvalue weighted by Crippen LogP contribution is -2.48. The standard InChI is InChI=1S/C31H41N3O5/c1-21-18-34(30(36)24-13-9-6-10-14-24)22(2)20-39-27-17-25(32-29(35)23-11-7-5-8-12-23)15-16-26(27)31(37)33(3)19-28(21)38-4/h6,9-10,13-17,21-23,28H,5,7-8,11-12,18-20H2,1-4H3,(H,32,35)/t21-,22-,28-/m0/s1. The van der Waals surface area contributed by atoms with Gasteiger partial charge in [-0.3, -0.25) is 14.4 Å². The summed E-state index contributed by atoms with van der Waals surface area (Å²) in [7, 11) is 3.38. The molecular weight excluding hydrogens is 494 g/mol. The molecule has 0 saturated heterocycles. The third kappa shape index (κ3) is 6.98. The first-order valence-corrected chi connectivity index (χ1v) is 14.0. The van der Waals surface area contributed by atoms with Gasteiger partial charge in [-0.1, -0.05) is 44.4 Å². The Balaban J connectivity index is 1.63. The highest BCUT2D eigenvalue weighted by atomic mass is 16.5. The molecule has 1 saturated carbocycles. The summed E-state index contributed by atoms with van der Waals surface area (Å²) >= 11 is 0. The van der Waals surface area contributed by atoms with Gasteiger partial charge in [-0.05, 0) is 44.0 Å². The number of carbonyl (C=O) groups excluding carboxylic acids is 3. The second-order valence-corrected chi connectivity index (χ2v) is 11.0. The predicted octanol–water partition coefficient (Wildman–Crippen LogP) is 4.85. The van der Waals surface area contributed by atoms with Gasteiger partial charge in [0.1, 0.15) is 12.4 Å². The van der Waals surface area contributed by atoms with Gasteiger partial charge < -0.3 is 24.6 Å². The normalized spacial score (nSPS) is 23.2. The fourth-order valence-electron chi connectivity index (χ4n) is 5.49. The molecule has 3 atom stereocenters. The summed E-state index contributed by atoms with van der Waals surface area (Å²) in [6.45, 7) is 4.98. The first kappa shape index (κ1) is 28.6. The Morgan fingerprint density at radius 2 is 1.72 bits per heavy atom. The molecule has 3 amide bonds. The molecule has 8 nitrogen and oxygen atoms in total. The Morgan fingerprint density at radius 1 is 1.00 bits per heavy atom. The average Bonchev–Trinajstić information content (AvgIpc) is 2.97. The summed E-state index contributed by atoms with van der Waals surface area (Å²) in [5, 5.41) is 3.03. The molecule has 8 heteroatoms. The number of hydrogen-bond donors (Lipinski definition) is 1. The number of hydrogen-bond acceptors (Lipinski definition) is 5. The molecule has 0 spiro atoms. The highest BCUT2D eigenvalue weighted by Gasteiger charge is 2.31. The van der Waals surface area contributed by atoms with Crippen molar-refractivity contribution < 1.29 is 23.9 Å². The maximum absolute atomic E-state index is 13.6. The Bertz CT molecular complexity index is 1150. The van der Waals surface area contributed by atoms with Crippen LogP contribution in [0.1, 0.15) is 66.7 Å². The van der Waals surface area contributed by atoms with Crippen LogP contribution in [0.25, 0.3) is 0 Å². The second kappa shape index (κ2) is 13.1. The van der Waals surface area contributed by atoms with Crippen LogP contribution in [0.15, 0.2) is 48.5 Å². The van der Waals surface area contributed by atoms with Crippen molar-refractivity contribution in [2.75, 3.05) is 39.2 Å². The van der Waals surface area contributed by atoms with Crippen molar-refractivity contribution in [1.82, 2.24) is 9.80 Å². The van der Waals surface area contributed by atoms with Crippen molar-refractivity contribution in [3.05, 3.63) is 59.7 Å². The number of likely N-dealkylation sites (N-methyl/N-ethyl adjacent to an activating group) is 1. The number of rotatable bonds is 4. The third-order valence-electron chi connectivity index (χ3n) is 7.97. The van der Waals surface area contributed by atoms with Gasteiger partial charge in [-0.2, -0.15) is 0 Å². The largest absolute Gasteiger partial charge is 0.491 e. The first-order valence-electron chi connectivity index (χ1n) is 14.0. The molecule has 0 bridgehead atoms. The van der Waals surface area contributed by atoms with E-state index in [0.717, 1.165) is 25.7 Å². The van der Waals surface area contributed by atoms with Gasteiger partial charge in [0.15, 0.2) is 0 Å². The molecule has 2 aromatic rings. The van der Waals surface area contributed by atoms with Gasteiger partial charge in [0.25, 0.3) is 11.8 Å². The number of amides is 3. The van der Waals surface area contributed by atoms with E-state index >= 15 is 0 Å². The summed E-state index contributed by atoms with van der Waals surface area (Å²) in [5.74, 6) is 0.111. The van der Waals surface area contributed by atoms with E-state index in [0.29, 0.717) is 35.7 Å². The minimum Gasteiger partial charge on any atom is -0.491 e. The summed E-state index contributed by atoms with van der Waals surface area (Å²) in [5.41, 5.74) is 1.61. The average molecular weight is 536 g/mol. The van der Waals surface area contributed by atoms with Gasteiger partial charge in [-0.25, -0.2) is 0 Å². The van der Waals surface area contributed by atoms with Gasteiger partial charge in [0, 0.05) is 56.4 Å². The van der Waals surface area contributed by atoms with Gasteiger partial charge in [0.2, 0.25) is 5.91 Å². The van der Waals surface area contributed by atoms with Gasteiger partial charge in [-0.15, -0.1) is 0 Å². The van der Waals surface area contributed by atoms with Crippen LogP contribution in [0.5, 0.6) is 5.75 Å². The fraction of sp³-hybridized carbons (Fsp3) is 0.516. The zero-order valence-electron chi connectivity index (χ0n) is 23.5. The van der Waals surface area contributed by atoms with Crippen molar-refractivity contribution in [3.63, 3.8) is 0 Å². The number of methoxy groups -OCH3 is 1. The maximum atomic E-state index is 13.6. The smallest absolute Gasteiger partial charge is 0.257 e.